The van der Waals surface area contributed by atoms with E-state index in [1.807, 2.05) is 44.4 Å². The van der Waals surface area contributed by atoms with Crippen molar-refractivity contribution in [3.05, 3.63) is 51.2 Å². The third-order valence-corrected chi connectivity index (χ3v) is 5.08. The van der Waals surface area contributed by atoms with E-state index in [1.165, 1.54) is 0 Å². The van der Waals surface area contributed by atoms with Crippen molar-refractivity contribution in [3.8, 4) is 0 Å². The number of nitrogens with one attached hydrogen (secondary N) is 1. The Bertz CT molecular complexity index is 781. The summed E-state index contributed by atoms with van der Waals surface area (Å²) in [4.78, 5) is 28.1. The minimum absolute atomic E-state index is 0.0188. The van der Waals surface area contributed by atoms with Crippen LogP contribution in [0.5, 0.6) is 0 Å². The Balaban J connectivity index is 2.20. The van der Waals surface area contributed by atoms with E-state index >= 15 is 0 Å². The second-order valence-electron chi connectivity index (χ2n) is 6.88. The van der Waals surface area contributed by atoms with Crippen molar-refractivity contribution in [1.29, 1.82) is 0 Å². The van der Waals surface area contributed by atoms with Crippen molar-refractivity contribution < 1.29 is 9.59 Å². The predicted molar refractivity (Wildman–Crippen MR) is 97.4 cm³/mol. The molecule has 0 bridgehead atoms. The summed E-state index contributed by atoms with van der Waals surface area (Å²) >= 11 is 7.76. The molecule has 2 heterocycles. The van der Waals surface area contributed by atoms with Gasteiger partial charge in [-0.05, 0) is 29.6 Å². The number of halogens is 1. The van der Waals surface area contributed by atoms with Crippen molar-refractivity contribution >= 4 is 40.4 Å². The highest BCUT2D eigenvalue weighted by Crippen LogP contribution is 2.40. The minimum atomic E-state index is -0.584. The van der Waals surface area contributed by atoms with Gasteiger partial charge in [0, 0.05) is 26.6 Å². The lowest BCUT2D eigenvalue weighted by atomic mass is 9.92. The third kappa shape index (κ3) is 3.19. The highest BCUT2D eigenvalue weighted by atomic mass is 35.5. The molecule has 0 saturated carbocycles. The third-order valence-electron chi connectivity index (χ3n) is 3.92. The summed E-state index contributed by atoms with van der Waals surface area (Å²) < 4.78 is 0. The normalized spacial score (nSPS) is 17.9. The van der Waals surface area contributed by atoms with E-state index in [9.17, 15) is 9.59 Å². The van der Waals surface area contributed by atoms with Crippen LogP contribution in [0.1, 0.15) is 37.3 Å². The van der Waals surface area contributed by atoms with Gasteiger partial charge in [0.15, 0.2) is 0 Å². The predicted octanol–water partition coefficient (Wildman–Crippen LogP) is 4.32. The van der Waals surface area contributed by atoms with E-state index in [2.05, 4.69) is 5.32 Å². The van der Waals surface area contributed by atoms with Crippen molar-refractivity contribution in [2.45, 2.75) is 26.8 Å². The first-order valence-corrected chi connectivity index (χ1v) is 8.97. The Hall–Kier alpha value is -1.85. The monoisotopic (exact) mass is 362 g/mol. The number of nitrogens with zero attached hydrogens (tertiary/aromatic N) is 1. The molecule has 1 N–H and O–H groups in total. The molecule has 0 aliphatic carbocycles. The number of rotatable bonds is 1. The lowest BCUT2D eigenvalue weighted by Crippen LogP contribution is -2.44. The average Bonchev–Trinajstić information content (AvgIpc) is 2.97. The van der Waals surface area contributed by atoms with Gasteiger partial charge in [0.05, 0.1) is 6.04 Å². The molecule has 1 unspecified atom stereocenters. The highest BCUT2D eigenvalue weighted by Gasteiger charge is 2.38. The molecule has 0 fully saturated rings. The van der Waals surface area contributed by atoms with Crippen LogP contribution in [0.15, 0.2) is 35.7 Å². The van der Waals surface area contributed by atoms with Crippen LogP contribution >= 0.6 is 22.9 Å². The van der Waals surface area contributed by atoms with E-state index in [4.69, 9.17) is 11.6 Å². The van der Waals surface area contributed by atoms with Crippen LogP contribution in [-0.2, 0) is 9.59 Å². The maximum absolute atomic E-state index is 13.0. The zero-order chi connectivity index (χ0) is 17.5. The maximum Gasteiger partial charge on any atom is 0.244 e. The molecule has 1 aliphatic heterocycles. The number of fused-ring (bicyclic) bond motifs is 1. The maximum atomic E-state index is 13.0. The van der Waals surface area contributed by atoms with Crippen LogP contribution < -0.4 is 5.32 Å². The van der Waals surface area contributed by atoms with Crippen molar-refractivity contribution in [2.75, 3.05) is 11.9 Å². The summed E-state index contributed by atoms with van der Waals surface area (Å²) in [5.41, 5.74) is 0.958. The molecule has 0 spiro atoms. The van der Waals surface area contributed by atoms with Crippen LogP contribution in [0.3, 0.4) is 0 Å². The number of carbonyl (C=O) groups is 2. The summed E-state index contributed by atoms with van der Waals surface area (Å²) in [5, 5.41) is 5.44. The van der Waals surface area contributed by atoms with Gasteiger partial charge < -0.3 is 10.2 Å². The Morgan fingerprint density at radius 1 is 1.33 bits per heavy atom. The van der Waals surface area contributed by atoms with Gasteiger partial charge in [-0.1, -0.05) is 38.4 Å². The standard InChI is InChI=1S/C18H19ClN2O2S/c1-18(2,3)17(23)21-10-15(22)20-13-7-6-11(19)9-12(13)16(21)14-5-4-8-24-14/h4-9,16H,10H2,1-3H3,(H,20,22). The van der Waals surface area contributed by atoms with Gasteiger partial charge in [0.1, 0.15) is 6.54 Å². The largest absolute Gasteiger partial charge is 0.324 e. The molecule has 1 atom stereocenters. The number of anilines is 1. The van der Waals surface area contributed by atoms with Crippen molar-refractivity contribution in [3.63, 3.8) is 0 Å². The zero-order valence-electron chi connectivity index (χ0n) is 13.8. The van der Waals surface area contributed by atoms with Gasteiger partial charge in [-0.25, -0.2) is 0 Å². The van der Waals surface area contributed by atoms with E-state index in [-0.39, 0.29) is 24.4 Å². The number of hydrogen-bond acceptors (Lipinski definition) is 3. The zero-order valence-corrected chi connectivity index (χ0v) is 15.4. The molecular formula is C18H19ClN2O2S. The van der Waals surface area contributed by atoms with Crippen molar-refractivity contribution in [2.24, 2.45) is 5.41 Å². The first kappa shape index (κ1) is 17.0. The first-order valence-electron chi connectivity index (χ1n) is 7.71. The average molecular weight is 363 g/mol. The number of thiophene rings is 1. The van der Waals surface area contributed by atoms with E-state index in [0.717, 1.165) is 10.4 Å². The topological polar surface area (TPSA) is 49.4 Å². The van der Waals surface area contributed by atoms with E-state index in [1.54, 1.807) is 28.4 Å². The van der Waals surface area contributed by atoms with Gasteiger partial charge in [-0.3, -0.25) is 9.59 Å². The number of carbonyl (C=O) groups excluding carboxylic acids is 2. The summed E-state index contributed by atoms with van der Waals surface area (Å²) in [6, 6.07) is 8.97. The van der Waals surface area contributed by atoms with Gasteiger partial charge in [0.25, 0.3) is 0 Å². The summed E-state index contributed by atoms with van der Waals surface area (Å²) in [6.07, 6.45) is 0. The second kappa shape index (κ2) is 6.22. The Morgan fingerprint density at radius 3 is 2.71 bits per heavy atom. The van der Waals surface area contributed by atoms with Gasteiger partial charge >= 0.3 is 0 Å². The molecule has 126 valence electrons. The summed E-state index contributed by atoms with van der Waals surface area (Å²) in [7, 11) is 0. The van der Waals surface area contributed by atoms with E-state index < -0.39 is 5.41 Å². The van der Waals surface area contributed by atoms with Crippen molar-refractivity contribution in [1.82, 2.24) is 4.90 Å². The molecule has 0 saturated heterocycles. The summed E-state index contributed by atoms with van der Waals surface area (Å²) in [5.74, 6) is -0.265. The van der Waals surface area contributed by atoms with Gasteiger partial charge in [-0.15, -0.1) is 11.3 Å². The lowest BCUT2D eigenvalue weighted by molar-refractivity contribution is -0.143. The molecule has 24 heavy (non-hydrogen) atoms. The fourth-order valence-electron chi connectivity index (χ4n) is 2.85. The highest BCUT2D eigenvalue weighted by molar-refractivity contribution is 7.10. The molecule has 1 aromatic heterocycles. The van der Waals surface area contributed by atoms with Crippen LogP contribution in [0.25, 0.3) is 0 Å². The Kier molecular flexibility index (Phi) is 4.40. The molecular weight excluding hydrogens is 344 g/mol. The molecule has 1 aliphatic rings. The molecule has 6 heteroatoms. The second-order valence-corrected chi connectivity index (χ2v) is 8.30. The van der Waals surface area contributed by atoms with Crippen LogP contribution in [-0.4, -0.2) is 23.3 Å². The van der Waals surface area contributed by atoms with E-state index in [0.29, 0.717) is 10.7 Å². The van der Waals surface area contributed by atoms with Gasteiger partial charge in [-0.2, -0.15) is 0 Å². The van der Waals surface area contributed by atoms with Gasteiger partial charge in [0.2, 0.25) is 11.8 Å². The number of hydrogen-bond donors (Lipinski definition) is 1. The molecule has 4 nitrogen and oxygen atoms in total. The summed E-state index contributed by atoms with van der Waals surface area (Å²) in [6.45, 7) is 5.61. The smallest absolute Gasteiger partial charge is 0.244 e. The molecule has 1 aromatic carbocycles. The molecule has 0 radical (unpaired) electrons. The molecule has 3 rings (SSSR count). The Morgan fingerprint density at radius 2 is 2.08 bits per heavy atom. The lowest BCUT2D eigenvalue weighted by Gasteiger charge is -2.34. The fourth-order valence-corrected chi connectivity index (χ4v) is 3.89. The number of amides is 2. The SMILES string of the molecule is CC(C)(C)C(=O)N1CC(=O)Nc2ccc(Cl)cc2C1c1cccs1. The quantitative estimate of drug-likeness (QED) is 0.821. The Labute approximate surface area is 150 Å². The van der Waals surface area contributed by atoms with Crippen LogP contribution in [0.2, 0.25) is 5.02 Å². The first-order chi connectivity index (χ1) is 11.3. The van der Waals surface area contributed by atoms with Crippen LogP contribution in [0.4, 0.5) is 5.69 Å². The minimum Gasteiger partial charge on any atom is -0.324 e. The molecule has 2 aromatic rings. The van der Waals surface area contributed by atoms with Crippen LogP contribution in [0, 0.1) is 5.41 Å². The number of benzene rings is 1. The molecule has 2 amide bonds. The fraction of sp³-hybridized carbons (Fsp3) is 0.333.